The van der Waals surface area contributed by atoms with Crippen molar-refractivity contribution in [2.45, 2.75) is 25.8 Å². The molecule has 2 saturated heterocycles. The van der Waals surface area contributed by atoms with Gasteiger partial charge in [0.2, 0.25) is 5.95 Å². The second-order valence-electron chi connectivity index (χ2n) is 7.33. The molecule has 0 aromatic carbocycles. The van der Waals surface area contributed by atoms with Crippen molar-refractivity contribution < 1.29 is 0 Å². The Labute approximate surface area is 155 Å². The molecule has 0 aliphatic carbocycles. The lowest BCUT2D eigenvalue weighted by atomic mass is 10.0. The molecule has 0 N–H and O–H groups in total. The summed E-state index contributed by atoms with van der Waals surface area (Å²) >= 11 is 0. The third kappa shape index (κ3) is 3.73. The molecule has 7 nitrogen and oxygen atoms in total. The highest BCUT2D eigenvalue weighted by atomic mass is 15.3. The zero-order valence-corrected chi connectivity index (χ0v) is 15.9. The molecule has 0 bridgehead atoms. The van der Waals surface area contributed by atoms with E-state index in [4.69, 9.17) is 4.98 Å². The van der Waals surface area contributed by atoms with Crippen molar-refractivity contribution >= 4 is 5.95 Å². The smallest absolute Gasteiger partial charge is 0.225 e. The largest absolute Gasteiger partial charge is 0.341 e. The zero-order valence-electron chi connectivity index (χ0n) is 15.9. The van der Waals surface area contributed by atoms with Crippen LogP contribution < -0.4 is 4.90 Å². The van der Waals surface area contributed by atoms with E-state index in [-0.39, 0.29) is 0 Å². The summed E-state index contributed by atoms with van der Waals surface area (Å²) in [5.41, 5.74) is 1.99. The molecule has 0 saturated carbocycles. The van der Waals surface area contributed by atoms with Crippen molar-refractivity contribution in [1.29, 1.82) is 0 Å². The highest BCUT2D eigenvalue weighted by Crippen LogP contribution is 2.23. The Morgan fingerprint density at radius 2 is 1.85 bits per heavy atom. The number of nitrogens with zero attached hydrogens (tertiary/aromatic N) is 7. The summed E-state index contributed by atoms with van der Waals surface area (Å²) in [4.78, 5) is 16.9. The van der Waals surface area contributed by atoms with Crippen molar-refractivity contribution in [2.24, 2.45) is 7.05 Å². The number of hydrogen-bond donors (Lipinski definition) is 0. The number of aryl methyl sites for hydroxylation is 1. The van der Waals surface area contributed by atoms with Gasteiger partial charge < -0.3 is 9.80 Å². The molecule has 0 amide bonds. The van der Waals surface area contributed by atoms with Crippen LogP contribution in [0, 0.1) is 0 Å². The van der Waals surface area contributed by atoms with Crippen LogP contribution >= 0.6 is 0 Å². The number of anilines is 1. The van der Waals surface area contributed by atoms with Crippen molar-refractivity contribution in [2.75, 3.05) is 50.7 Å². The monoisotopic (exact) mass is 355 g/mol. The van der Waals surface area contributed by atoms with Gasteiger partial charge in [0.15, 0.2) is 0 Å². The summed E-state index contributed by atoms with van der Waals surface area (Å²) in [5.74, 6) is 0.848. The molecule has 2 aliphatic heterocycles. The first-order valence-corrected chi connectivity index (χ1v) is 9.76. The second kappa shape index (κ2) is 7.72. The molecule has 4 rings (SSSR count). The molecule has 0 unspecified atom stereocenters. The van der Waals surface area contributed by atoms with E-state index in [1.165, 1.54) is 45.6 Å². The van der Waals surface area contributed by atoms with Crippen LogP contribution in [-0.4, -0.2) is 81.4 Å². The average Bonchev–Trinajstić information content (AvgIpc) is 3.15. The summed E-state index contributed by atoms with van der Waals surface area (Å²) in [6.45, 7) is 10.4. The lowest BCUT2D eigenvalue weighted by Crippen LogP contribution is -2.53. The molecule has 2 aromatic rings. The highest BCUT2D eigenvalue weighted by molar-refractivity contribution is 5.58. The third-order valence-corrected chi connectivity index (χ3v) is 5.76. The van der Waals surface area contributed by atoms with Gasteiger partial charge >= 0.3 is 0 Å². The van der Waals surface area contributed by atoms with Crippen LogP contribution in [0.4, 0.5) is 5.95 Å². The molecular formula is C19H29N7. The van der Waals surface area contributed by atoms with Crippen LogP contribution in [0.15, 0.2) is 24.7 Å². The average molecular weight is 355 g/mol. The number of likely N-dealkylation sites (N-methyl/N-ethyl adjacent to an activating group) is 1. The molecule has 7 heteroatoms. The van der Waals surface area contributed by atoms with Crippen LogP contribution in [0.2, 0.25) is 0 Å². The minimum Gasteiger partial charge on any atom is -0.341 e. The number of hydrogen-bond acceptors (Lipinski definition) is 6. The van der Waals surface area contributed by atoms with E-state index in [0.717, 1.165) is 30.3 Å². The Morgan fingerprint density at radius 3 is 2.50 bits per heavy atom. The predicted octanol–water partition coefficient (Wildman–Crippen LogP) is 1.48. The number of rotatable bonds is 4. The first-order chi connectivity index (χ1) is 12.7. The van der Waals surface area contributed by atoms with Crippen molar-refractivity contribution in [3.63, 3.8) is 0 Å². The zero-order chi connectivity index (χ0) is 17.9. The molecule has 2 aliphatic rings. The minimum atomic E-state index is 0.715. The van der Waals surface area contributed by atoms with Crippen LogP contribution in [-0.2, 0) is 7.05 Å². The van der Waals surface area contributed by atoms with Crippen molar-refractivity contribution in [3.8, 4) is 11.3 Å². The van der Waals surface area contributed by atoms with Gasteiger partial charge in [-0.1, -0.05) is 6.92 Å². The Balaban J connectivity index is 1.36. The number of piperazine rings is 1. The summed E-state index contributed by atoms with van der Waals surface area (Å²) in [7, 11) is 1.93. The van der Waals surface area contributed by atoms with Gasteiger partial charge in [-0.2, -0.15) is 5.10 Å². The maximum atomic E-state index is 4.78. The molecule has 0 spiro atoms. The van der Waals surface area contributed by atoms with E-state index >= 15 is 0 Å². The topological polar surface area (TPSA) is 53.3 Å². The molecule has 0 radical (unpaired) electrons. The fourth-order valence-corrected chi connectivity index (χ4v) is 4.09. The molecular weight excluding hydrogens is 326 g/mol. The van der Waals surface area contributed by atoms with Crippen LogP contribution in [0.5, 0.6) is 0 Å². The maximum absolute atomic E-state index is 4.78. The highest BCUT2D eigenvalue weighted by Gasteiger charge is 2.28. The van der Waals surface area contributed by atoms with E-state index < -0.39 is 0 Å². The van der Waals surface area contributed by atoms with Gasteiger partial charge in [-0.05, 0) is 25.5 Å². The number of aromatic nitrogens is 4. The summed E-state index contributed by atoms with van der Waals surface area (Å²) in [6.07, 6.45) is 8.11. The Kier molecular flexibility index (Phi) is 5.17. The van der Waals surface area contributed by atoms with E-state index in [0.29, 0.717) is 6.04 Å². The van der Waals surface area contributed by atoms with E-state index in [1.54, 1.807) is 4.68 Å². The van der Waals surface area contributed by atoms with Crippen molar-refractivity contribution in [3.05, 3.63) is 24.7 Å². The van der Waals surface area contributed by atoms with Crippen LogP contribution in [0.25, 0.3) is 11.3 Å². The quantitative estimate of drug-likeness (QED) is 0.828. The maximum Gasteiger partial charge on any atom is 0.225 e. The third-order valence-electron chi connectivity index (χ3n) is 5.76. The predicted molar refractivity (Wildman–Crippen MR) is 103 cm³/mol. The van der Waals surface area contributed by atoms with Crippen LogP contribution in [0.3, 0.4) is 0 Å². The first kappa shape index (κ1) is 17.4. The summed E-state index contributed by atoms with van der Waals surface area (Å²) in [6, 6.07) is 2.67. The van der Waals surface area contributed by atoms with E-state index in [2.05, 4.69) is 31.7 Å². The standard InChI is InChI=1S/C19H29N7/c1-3-24-10-12-25(13-11-24)17-5-8-26(9-6-17)19-20-7-4-18(22-19)16-14-21-23(2)15-16/h4,7,14-15,17H,3,5-6,8-13H2,1-2H3. The molecule has 140 valence electrons. The van der Waals surface area contributed by atoms with Gasteiger partial charge in [0.05, 0.1) is 11.9 Å². The Bertz CT molecular complexity index is 712. The first-order valence-electron chi connectivity index (χ1n) is 9.76. The van der Waals surface area contributed by atoms with Crippen LogP contribution in [0.1, 0.15) is 19.8 Å². The Hall–Kier alpha value is -1.99. The SMILES string of the molecule is CCN1CCN(C2CCN(c3nccc(-c4cnn(C)c4)n3)CC2)CC1. The lowest BCUT2D eigenvalue weighted by molar-refractivity contribution is 0.0877. The van der Waals surface area contributed by atoms with Gasteiger partial charge in [0, 0.05) is 70.3 Å². The van der Waals surface area contributed by atoms with Gasteiger partial charge in [0.1, 0.15) is 0 Å². The second-order valence-corrected chi connectivity index (χ2v) is 7.33. The van der Waals surface area contributed by atoms with E-state index in [9.17, 15) is 0 Å². The van der Waals surface area contributed by atoms with E-state index in [1.807, 2.05) is 31.7 Å². The summed E-state index contributed by atoms with van der Waals surface area (Å²) < 4.78 is 1.81. The fourth-order valence-electron chi connectivity index (χ4n) is 4.09. The normalized spacial score (nSPS) is 20.6. The van der Waals surface area contributed by atoms with Gasteiger partial charge in [-0.15, -0.1) is 0 Å². The van der Waals surface area contributed by atoms with Gasteiger partial charge in [-0.25, -0.2) is 9.97 Å². The lowest BCUT2D eigenvalue weighted by Gasteiger charge is -2.42. The fraction of sp³-hybridized carbons (Fsp3) is 0.632. The van der Waals surface area contributed by atoms with Gasteiger partial charge in [-0.3, -0.25) is 9.58 Å². The molecule has 2 aromatic heterocycles. The summed E-state index contributed by atoms with van der Waals surface area (Å²) in [5, 5.41) is 4.24. The Morgan fingerprint density at radius 1 is 1.08 bits per heavy atom. The number of piperidine rings is 1. The van der Waals surface area contributed by atoms with Crippen molar-refractivity contribution in [1.82, 2.24) is 29.5 Å². The van der Waals surface area contributed by atoms with Gasteiger partial charge in [0.25, 0.3) is 0 Å². The molecule has 4 heterocycles. The molecule has 26 heavy (non-hydrogen) atoms. The molecule has 2 fully saturated rings. The molecule has 0 atom stereocenters. The minimum absolute atomic E-state index is 0.715.